The largest absolute Gasteiger partial charge is 0.481 e. The van der Waals surface area contributed by atoms with Gasteiger partial charge in [-0.3, -0.25) is 9.59 Å². The lowest BCUT2D eigenvalue weighted by atomic mass is 9.90. The Bertz CT molecular complexity index is 424. The van der Waals surface area contributed by atoms with E-state index in [0.717, 1.165) is 0 Å². The maximum absolute atomic E-state index is 12.0. The quantitative estimate of drug-likeness (QED) is 0.741. The normalized spacial score (nSPS) is 23.0. The average molecular weight is 300 g/mol. The topological polar surface area (TPSA) is 95.9 Å². The number of nitrogens with zero attached hydrogens (tertiary/aromatic N) is 1. The van der Waals surface area contributed by atoms with Crippen LogP contribution in [0.3, 0.4) is 0 Å². The highest BCUT2D eigenvalue weighted by Crippen LogP contribution is 2.29. The number of carboxylic acids is 1. The summed E-state index contributed by atoms with van der Waals surface area (Å²) in [7, 11) is 0. The molecule has 7 nitrogen and oxygen atoms in total. The molecule has 1 rings (SSSR count). The number of amides is 2. The van der Waals surface area contributed by atoms with Crippen LogP contribution in [0.25, 0.3) is 0 Å². The van der Waals surface area contributed by atoms with Gasteiger partial charge >= 0.3 is 18.0 Å². The van der Waals surface area contributed by atoms with E-state index in [4.69, 9.17) is 9.84 Å². The minimum atomic E-state index is -0.897. The number of aliphatic carboxylic acids is 1. The van der Waals surface area contributed by atoms with E-state index >= 15 is 0 Å². The summed E-state index contributed by atoms with van der Waals surface area (Å²) >= 11 is 0. The van der Waals surface area contributed by atoms with E-state index in [-0.39, 0.29) is 31.2 Å². The van der Waals surface area contributed by atoms with Gasteiger partial charge in [-0.2, -0.15) is 0 Å². The van der Waals surface area contributed by atoms with Crippen LogP contribution in [0.2, 0.25) is 0 Å². The van der Waals surface area contributed by atoms with Crippen molar-refractivity contribution in [3.8, 4) is 0 Å². The zero-order valence-electron chi connectivity index (χ0n) is 13.0. The number of ether oxygens (including phenoxy) is 1. The second-order valence-corrected chi connectivity index (χ2v) is 6.11. The lowest BCUT2D eigenvalue weighted by Gasteiger charge is -2.21. The van der Waals surface area contributed by atoms with E-state index in [1.54, 1.807) is 27.7 Å². The minimum Gasteiger partial charge on any atom is -0.481 e. The Kier molecular flexibility index (Phi) is 5.57. The van der Waals surface area contributed by atoms with Gasteiger partial charge in [0.05, 0.1) is 17.4 Å². The number of urea groups is 1. The monoisotopic (exact) mass is 300 g/mol. The lowest BCUT2D eigenvalue weighted by Crippen LogP contribution is -2.43. The van der Waals surface area contributed by atoms with Gasteiger partial charge in [-0.1, -0.05) is 6.92 Å². The minimum absolute atomic E-state index is 0.171. The number of carboxylic acid groups (broad SMARTS) is 1. The second-order valence-electron chi connectivity index (χ2n) is 6.11. The number of carbonyl (C=O) groups excluding carboxylic acids is 2. The van der Waals surface area contributed by atoms with Gasteiger partial charge in [0.1, 0.15) is 0 Å². The highest BCUT2D eigenvalue weighted by molar-refractivity contribution is 5.80. The Morgan fingerprint density at radius 2 is 1.95 bits per heavy atom. The van der Waals surface area contributed by atoms with Crippen LogP contribution in [0.5, 0.6) is 0 Å². The molecule has 7 heteroatoms. The van der Waals surface area contributed by atoms with Crippen LogP contribution in [0.1, 0.15) is 34.1 Å². The number of hydrogen-bond donors (Lipinski definition) is 2. The Hall–Kier alpha value is -1.79. The van der Waals surface area contributed by atoms with Gasteiger partial charge in [0.15, 0.2) is 0 Å². The molecule has 2 atom stereocenters. The van der Waals surface area contributed by atoms with Gasteiger partial charge < -0.3 is 20.1 Å². The molecule has 0 aromatic carbocycles. The molecule has 0 aromatic heterocycles. The molecule has 1 saturated heterocycles. The fourth-order valence-corrected chi connectivity index (χ4v) is 2.09. The Morgan fingerprint density at radius 1 is 1.33 bits per heavy atom. The predicted octanol–water partition coefficient (Wildman–Crippen LogP) is 1.08. The fourth-order valence-electron chi connectivity index (χ4n) is 2.09. The smallest absolute Gasteiger partial charge is 0.317 e. The lowest BCUT2D eigenvalue weighted by molar-refractivity contribution is -0.151. The van der Waals surface area contributed by atoms with Gasteiger partial charge in [0.2, 0.25) is 0 Å². The van der Waals surface area contributed by atoms with Crippen LogP contribution in [-0.2, 0) is 14.3 Å². The number of rotatable bonds is 5. The summed E-state index contributed by atoms with van der Waals surface area (Å²) < 4.78 is 5.05. The maximum Gasteiger partial charge on any atom is 0.317 e. The summed E-state index contributed by atoms with van der Waals surface area (Å²) in [5.41, 5.74) is -0.889. The standard InChI is InChI=1S/C14H24N2O5/c1-9(2)21-11(17)10(3)7-15-13(20)16-6-5-14(4,8-16)12(18)19/h9-10H,5-8H2,1-4H3,(H,15,20)(H,18,19). The second kappa shape index (κ2) is 6.78. The summed E-state index contributed by atoms with van der Waals surface area (Å²) in [6, 6.07) is -0.343. The molecular formula is C14H24N2O5. The van der Waals surface area contributed by atoms with Gasteiger partial charge in [-0.25, -0.2) is 4.79 Å². The van der Waals surface area contributed by atoms with Crippen molar-refractivity contribution in [3.05, 3.63) is 0 Å². The molecule has 0 radical (unpaired) electrons. The Labute approximate surface area is 124 Å². The molecule has 0 aliphatic carbocycles. The third-order valence-electron chi connectivity index (χ3n) is 3.59. The average Bonchev–Trinajstić information content (AvgIpc) is 2.79. The molecule has 0 bridgehead atoms. The first-order valence-electron chi connectivity index (χ1n) is 7.12. The van der Waals surface area contributed by atoms with Crippen molar-refractivity contribution in [2.75, 3.05) is 19.6 Å². The summed E-state index contributed by atoms with van der Waals surface area (Å²) in [6.45, 7) is 7.59. The molecule has 2 amide bonds. The molecule has 2 N–H and O–H groups in total. The third-order valence-corrected chi connectivity index (χ3v) is 3.59. The van der Waals surface area contributed by atoms with Crippen molar-refractivity contribution in [3.63, 3.8) is 0 Å². The Balaban J connectivity index is 2.42. The van der Waals surface area contributed by atoms with Gasteiger partial charge in [0.25, 0.3) is 0 Å². The SMILES string of the molecule is CC(C)OC(=O)C(C)CNC(=O)N1CCC(C)(C(=O)O)C1. The Morgan fingerprint density at radius 3 is 2.43 bits per heavy atom. The van der Waals surface area contributed by atoms with Crippen molar-refractivity contribution in [1.82, 2.24) is 10.2 Å². The van der Waals surface area contributed by atoms with Crippen LogP contribution in [0.15, 0.2) is 0 Å². The maximum atomic E-state index is 12.0. The van der Waals surface area contributed by atoms with Crippen molar-refractivity contribution in [1.29, 1.82) is 0 Å². The number of likely N-dealkylation sites (tertiary alicyclic amines) is 1. The van der Waals surface area contributed by atoms with E-state index in [0.29, 0.717) is 13.0 Å². The van der Waals surface area contributed by atoms with Gasteiger partial charge in [0, 0.05) is 19.6 Å². The zero-order chi connectivity index (χ0) is 16.2. The summed E-state index contributed by atoms with van der Waals surface area (Å²) in [6.07, 6.45) is 0.242. The summed E-state index contributed by atoms with van der Waals surface area (Å²) in [4.78, 5) is 36.2. The van der Waals surface area contributed by atoms with Crippen LogP contribution >= 0.6 is 0 Å². The number of nitrogens with one attached hydrogen (secondary N) is 1. The molecule has 1 aliphatic heterocycles. The van der Waals surface area contributed by atoms with Crippen LogP contribution < -0.4 is 5.32 Å². The van der Waals surface area contributed by atoms with Gasteiger partial charge in [-0.05, 0) is 27.2 Å². The predicted molar refractivity (Wildman–Crippen MR) is 75.7 cm³/mol. The third kappa shape index (κ3) is 4.61. The first-order valence-corrected chi connectivity index (χ1v) is 7.12. The molecule has 0 spiro atoms. The fraction of sp³-hybridized carbons (Fsp3) is 0.786. The van der Waals surface area contributed by atoms with E-state index in [1.807, 2.05) is 0 Å². The first kappa shape index (κ1) is 17.3. The van der Waals surface area contributed by atoms with Crippen LogP contribution in [0.4, 0.5) is 4.79 Å². The van der Waals surface area contributed by atoms with Crippen molar-refractivity contribution >= 4 is 18.0 Å². The summed E-state index contributed by atoms with van der Waals surface area (Å²) in [5.74, 6) is -1.70. The molecule has 0 saturated carbocycles. The van der Waals surface area contributed by atoms with Crippen LogP contribution in [0, 0.1) is 11.3 Å². The van der Waals surface area contributed by atoms with Crippen molar-refractivity contribution in [2.24, 2.45) is 11.3 Å². The van der Waals surface area contributed by atoms with Crippen molar-refractivity contribution in [2.45, 2.75) is 40.2 Å². The highest BCUT2D eigenvalue weighted by atomic mass is 16.5. The zero-order valence-corrected chi connectivity index (χ0v) is 13.0. The van der Waals surface area contributed by atoms with E-state index in [9.17, 15) is 14.4 Å². The molecule has 120 valence electrons. The molecule has 21 heavy (non-hydrogen) atoms. The summed E-state index contributed by atoms with van der Waals surface area (Å²) in [5, 5.41) is 11.8. The molecule has 0 aromatic rings. The van der Waals surface area contributed by atoms with Gasteiger partial charge in [-0.15, -0.1) is 0 Å². The molecule has 1 heterocycles. The van der Waals surface area contributed by atoms with E-state index in [2.05, 4.69) is 5.32 Å². The van der Waals surface area contributed by atoms with Crippen LogP contribution in [-0.4, -0.2) is 53.7 Å². The first-order chi connectivity index (χ1) is 9.65. The highest BCUT2D eigenvalue weighted by Gasteiger charge is 2.42. The number of esters is 1. The molecule has 1 fully saturated rings. The molecule has 2 unspecified atom stereocenters. The van der Waals surface area contributed by atoms with Crippen molar-refractivity contribution < 1.29 is 24.2 Å². The molecule has 1 aliphatic rings. The van der Waals surface area contributed by atoms with E-state index < -0.39 is 17.3 Å². The van der Waals surface area contributed by atoms with E-state index in [1.165, 1.54) is 4.90 Å². The number of hydrogen-bond acceptors (Lipinski definition) is 4. The molecular weight excluding hydrogens is 276 g/mol. The number of carbonyl (C=O) groups is 3.